The minimum Gasteiger partial charge on any atom is -0.300 e. The second-order valence-electron chi connectivity index (χ2n) is 6.75. The summed E-state index contributed by atoms with van der Waals surface area (Å²) in [5.74, 6) is 2.21. The molecule has 0 bridgehead atoms. The molecule has 0 saturated heterocycles. The van der Waals surface area contributed by atoms with E-state index in [1.165, 1.54) is 5.56 Å². The summed E-state index contributed by atoms with van der Waals surface area (Å²) in [6, 6.07) is 12.3. The molecule has 2 aromatic heterocycles. The van der Waals surface area contributed by atoms with E-state index in [1.807, 2.05) is 24.4 Å². The highest BCUT2D eigenvalue weighted by Gasteiger charge is 2.19. The zero-order valence-corrected chi connectivity index (χ0v) is 16.7. The van der Waals surface area contributed by atoms with Crippen molar-refractivity contribution >= 4 is 17.5 Å². The van der Waals surface area contributed by atoms with Crippen molar-refractivity contribution in [2.75, 3.05) is 5.75 Å². The number of ketones is 1. The van der Waals surface area contributed by atoms with E-state index < -0.39 is 0 Å². The van der Waals surface area contributed by atoms with E-state index in [0.29, 0.717) is 12.3 Å². The molecule has 0 aliphatic carbocycles. The summed E-state index contributed by atoms with van der Waals surface area (Å²) in [4.78, 5) is 15.4. The number of benzene rings is 1. The fourth-order valence-corrected chi connectivity index (χ4v) is 3.81. The SMILES string of the molecule is CC(=O)CCCSc1nnc(-c2cccnc2)n1-c1ccccc1C(C)C. The number of hydrogen-bond acceptors (Lipinski definition) is 5. The Morgan fingerprint density at radius 1 is 1.15 bits per heavy atom. The minimum atomic E-state index is 0.221. The lowest BCUT2D eigenvalue weighted by Crippen LogP contribution is -2.05. The number of Topliss-reactive ketones (excluding diaryl/α,β-unsaturated/α-hetero) is 1. The Morgan fingerprint density at radius 3 is 2.67 bits per heavy atom. The fourth-order valence-electron chi connectivity index (χ4n) is 2.93. The summed E-state index contributed by atoms with van der Waals surface area (Å²) in [7, 11) is 0. The highest BCUT2D eigenvalue weighted by Crippen LogP contribution is 2.32. The van der Waals surface area contributed by atoms with Crippen molar-refractivity contribution in [1.82, 2.24) is 19.7 Å². The molecule has 0 radical (unpaired) electrons. The number of carbonyl (C=O) groups is 1. The molecule has 0 spiro atoms. The smallest absolute Gasteiger partial charge is 0.196 e. The van der Waals surface area contributed by atoms with Gasteiger partial charge in [0.25, 0.3) is 0 Å². The number of hydrogen-bond donors (Lipinski definition) is 0. The van der Waals surface area contributed by atoms with E-state index in [-0.39, 0.29) is 5.78 Å². The molecule has 140 valence electrons. The van der Waals surface area contributed by atoms with Gasteiger partial charge in [-0.2, -0.15) is 0 Å². The van der Waals surface area contributed by atoms with Crippen LogP contribution in [0.15, 0.2) is 53.9 Å². The number of para-hydroxylation sites is 1. The second kappa shape index (κ2) is 8.95. The largest absolute Gasteiger partial charge is 0.300 e. The Balaban J connectivity index is 2.03. The third-order valence-corrected chi connectivity index (χ3v) is 5.27. The molecule has 0 aliphatic rings. The van der Waals surface area contributed by atoms with Crippen molar-refractivity contribution < 1.29 is 4.79 Å². The van der Waals surface area contributed by atoms with Crippen LogP contribution < -0.4 is 0 Å². The van der Waals surface area contributed by atoms with Gasteiger partial charge in [-0.3, -0.25) is 9.55 Å². The Bertz CT molecular complexity index is 906. The van der Waals surface area contributed by atoms with Crippen LogP contribution in [0, 0.1) is 0 Å². The molecule has 0 N–H and O–H groups in total. The molecule has 0 saturated carbocycles. The predicted octanol–water partition coefficient (Wildman–Crippen LogP) is 4.91. The van der Waals surface area contributed by atoms with Crippen LogP contribution in [0.5, 0.6) is 0 Å². The number of carbonyl (C=O) groups excluding carboxylic acids is 1. The molecular weight excluding hydrogens is 356 g/mol. The molecule has 2 heterocycles. The van der Waals surface area contributed by atoms with E-state index in [1.54, 1.807) is 24.9 Å². The first kappa shape index (κ1) is 19.3. The monoisotopic (exact) mass is 380 g/mol. The van der Waals surface area contributed by atoms with Crippen molar-refractivity contribution in [3.05, 3.63) is 54.4 Å². The van der Waals surface area contributed by atoms with Crippen molar-refractivity contribution in [2.45, 2.75) is 44.7 Å². The van der Waals surface area contributed by atoms with E-state index in [9.17, 15) is 4.79 Å². The summed E-state index contributed by atoms with van der Waals surface area (Å²) in [6.07, 6.45) is 4.99. The van der Waals surface area contributed by atoms with E-state index in [2.05, 4.69) is 51.8 Å². The third-order valence-electron chi connectivity index (χ3n) is 4.26. The van der Waals surface area contributed by atoms with E-state index in [0.717, 1.165) is 34.4 Å². The van der Waals surface area contributed by atoms with Gasteiger partial charge in [-0.15, -0.1) is 10.2 Å². The van der Waals surface area contributed by atoms with Crippen molar-refractivity contribution in [3.63, 3.8) is 0 Å². The summed E-state index contributed by atoms with van der Waals surface area (Å²) >= 11 is 1.64. The number of thioether (sulfide) groups is 1. The average Bonchev–Trinajstić information content (AvgIpc) is 3.09. The molecular formula is C21H24N4OS. The van der Waals surface area contributed by atoms with Crippen LogP contribution in [0.2, 0.25) is 0 Å². The van der Waals surface area contributed by atoms with E-state index >= 15 is 0 Å². The first-order chi connectivity index (χ1) is 13.1. The molecule has 0 fully saturated rings. The maximum Gasteiger partial charge on any atom is 0.196 e. The van der Waals surface area contributed by atoms with Gasteiger partial charge in [-0.25, -0.2) is 0 Å². The van der Waals surface area contributed by atoms with Crippen molar-refractivity contribution in [3.8, 4) is 17.1 Å². The summed E-state index contributed by atoms with van der Waals surface area (Å²) in [5.41, 5.74) is 3.26. The summed E-state index contributed by atoms with van der Waals surface area (Å²) < 4.78 is 2.12. The maximum atomic E-state index is 11.2. The molecule has 3 aromatic rings. The Hall–Kier alpha value is -2.47. The third kappa shape index (κ3) is 4.63. The number of aromatic nitrogens is 4. The van der Waals surface area contributed by atoms with Crippen molar-refractivity contribution in [1.29, 1.82) is 0 Å². The van der Waals surface area contributed by atoms with E-state index in [4.69, 9.17) is 0 Å². The topological polar surface area (TPSA) is 60.7 Å². The van der Waals surface area contributed by atoms with Crippen LogP contribution in [0.3, 0.4) is 0 Å². The summed E-state index contributed by atoms with van der Waals surface area (Å²) in [6.45, 7) is 6.01. The van der Waals surface area contributed by atoms with Gasteiger partial charge in [0.2, 0.25) is 0 Å². The molecule has 0 unspecified atom stereocenters. The minimum absolute atomic E-state index is 0.221. The normalized spacial score (nSPS) is 11.1. The molecule has 3 rings (SSSR count). The first-order valence-electron chi connectivity index (χ1n) is 9.15. The average molecular weight is 381 g/mol. The van der Waals surface area contributed by atoms with Crippen LogP contribution in [-0.4, -0.2) is 31.3 Å². The Kier molecular flexibility index (Phi) is 6.40. The van der Waals surface area contributed by atoms with Crippen LogP contribution in [0.1, 0.15) is 45.1 Å². The molecule has 1 aromatic carbocycles. The second-order valence-corrected chi connectivity index (χ2v) is 7.81. The van der Waals surface area contributed by atoms with Gasteiger partial charge in [-0.1, -0.05) is 43.8 Å². The number of pyridine rings is 1. The summed E-state index contributed by atoms with van der Waals surface area (Å²) in [5, 5.41) is 9.75. The van der Waals surface area contributed by atoms with Gasteiger partial charge in [0.05, 0.1) is 5.69 Å². The Morgan fingerprint density at radius 2 is 1.96 bits per heavy atom. The standard InChI is InChI=1S/C21H24N4OS/c1-15(2)18-10-4-5-11-19(18)25-20(17-9-6-12-22-14-17)23-24-21(25)27-13-7-8-16(3)26/h4-6,9-12,14-15H,7-8,13H2,1-3H3. The molecule has 0 aliphatic heterocycles. The molecule has 0 amide bonds. The molecule has 5 nitrogen and oxygen atoms in total. The quantitative estimate of drug-likeness (QED) is 0.410. The molecule has 6 heteroatoms. The predicted molar refractivity (Wildman–Crippen MR) is 109 cm³/mol. The van der Waals surface area contributed by atoms with Gasteiger partial charge in [0.15, 0.2) is 11.0 Å². The van der Waals surface area contributed by atoms with Gasteiger partial charge >= 0.3 is 0 Å². The fraction of sp³-hybridized carbons (Fsp3) is 0.333. The van der Waals surface area contributed by atoms with Gasteiger partial charge in [-0.05, 0) is 43.0 Å². The lowest BCUT2D eigenvalue weighted by molar-refractivity contribution is -0.117. The first-order valence-corrected chi connectivity index (χ1v) is 10.1. The highest BCUT2D eigenvalue weighted by molar-refractivity contribution is 7.99. The van der Waals surface area contributed by atoms with Crippen molar-refractivity contribution in [2.24, 2.45) is 0 Å². The lowest BCUT2D eigenvalue weighted by Gasteiger charge is -2.16. The van der Waals surface area contributed by atoms with Crippen LogP contribution in [0.25, 0.3) is 17.1 Å². The molecule has 27 heavy (non-hydrogen) atoms. The van der Waals surface area contributed by atoms with Gasteiger partial charge < -0.3 is 4.79 Å². The van der Waals surface area contributed by atoms with Crippen LogP contribution >= 0.6 is 11.8 Å². The maximum absolute atomic E-state index is 11.2. The van der Waals surface area contributed by atoms with Gasteiger partial charge in [0.1, 0.15) is 5.78 Å². The zero-order valence-electron chi connectivity index (χ0n) is 15.9. The number of nitrogens with zero attached hydrogens (tertiary/aromatic N) is 4. The number of rotatable bonds is 8. The zero-order chi connectivity index (χ0) is 19.2. The van der Waals surface area contributed by atoms with Gasteiger partial charge in [0, 0.05) is 30.1 Å². The van der Waals surface area contributed by atoms with Crippen LogP contribution in [-0.2, 0) is 4.79 Å². The Labute approximate surface area is 164 Å². The van der Waals surface area contributed by atoms with Crippen LogP contribution in [0.4, 0.5) is 0 Å². The highest BCUT2D eigenvalue weighted by atomic mass is 32.2. The lowest BCUT2D eigenvalue weighted by atomic mass is 10.0. The molecule has 0 atom stereocenters.